The second-order valence-corrected chi connectivity index (χ2v) is 5.22. The van der Waals surface area contributed by atoms with Crippen molar-refractivity contribution >= 4 is 10.0 Å². The molecule has 7 heteroatoms. The molecule has 1 unspecified atom stereocenters. The largest absolute Gasteiger partial charge is 0.406 e. The molecule has 0 rings (SSSR count). The number of alkyl halides is 3. The molecule has 0 aliphatic carbocycles. The standard InChI is InChI=1S/C8H16F3NO2S/c1-2-3-4-5-6-7(8(9,10)11)15(12,13)14/h7H,2-6H2,1H3,(H2,12,13,14). The van der Waals surface area contributed by atoms with Gasteiger partial charge in [-0.15, -0.1) is 0 Å². The molecule has 0 bridgehead atoms. The molecule has 0 aliphatic rings. The SMILES string of the molecule is CCCCCCC(C(F)(F)F)S(N)(=O)=O. The number of sulfonamides is 1. The predicted octanol–water partition coefficient (Wildman–Crippen LogP) is 2.18. The fraction of sp³-hybridized carbons (Fsp3) is 1.00. The molecule has 0 radical (unpaired) electrons. The minimum absolute atomic E-state index is 0.231. The summed E-state index contributed by atoms with van der Waals surface area (Å²) >= 11 is 0. The molecule has 2 N–H and O–H groups in total. The summed E-state index contributed by atoms with van der Waals surface area (Å²) in [4.78, 5) is 0. The van der Waals surface area contributed by atoms with Crippen molar-refractivity contribution in [3.05, 3.63) is 0 Å². The summed E-state index contributed by atoms with van der Waals surface area (Å²) in [5.41, 5.74) is 0. The lowest BCUT2D eigenvalue weighted by atomic mass is 10.1. The van der Waals surface area contributed by atoms with Crippen molar-refractivity contribution in [2.24, 2.45) is 5.14 Å². The molecule has 0 aromatic rings. The molecule has 3 nitrogen and oxygen atoms in total. The first-order valence-corrected chi connectivity index (χ1v) is 6.39. The molecule has 92 valence electrons. The highest BCUT2D eigenvalue weighted by atomic mass is 32.2. The highest BCUT2D eigenvalue weighted by Crippen LogP contribution is 2.28. The van der Waals surface area contributed by atoms with E-state index in [4.69, 9.17) is 0 Å². The first-order chi connectivity index (χ1) is 6.69. The Hall–Kier alpha value is -0.300. The maximum atomic E-state index is 12.3. The molecule has 0 aromatic heterocycles. The normalized spacial score (nSPS) is 15.3. The van der Waals surface area contributed by atoms with E-state index >= 15 is 0 Å². The topological polar surface area (TPSA) is 60.2 Å². The zero-order valence-electron chi connectivity index (χ0n) is 8.55. The molecule has 0 fully saturated rings. The lowest BCUT2D eigenvalue weighted by molar-refractivity contribution is -0.131. The van der Waals surface area contributed by atoms with Gasteiger partial charge in [-0.2, -0.15) is 13.2 Å². The number of rotatable bonds is 6. The second-order valence-electron chi connectivity index (χ2n) is 3.47. The van der Waals surface area contributed by atoms with Crippen LogP contribution in [0, 0.1) is 0 Å². The van der Waals surface area contributed by atoms with Gasteiger partial charge in [0.25, 0.3) is 0 Å². The number of halogens is 3. The Morgan fingerprint density at radius 2 is 1.73 bits per heavy atom. The van der Waals surface area contributed by atoms with Crippen LogP contribution in [0.2, 0.25) is 0 Å². The van der Waals surface area contributed by atoms with Gasteiger partial charge in [0.2, 0.25) is 10.0 Å². The quantitative estimate of drug-likeness (QED) is 0.731. The molecule has 0 saturated heterocycles. The first kappa shape index (κ1) is 14.7. The van der Waals surface area contributed by atoms with Crippen LogP contribution in [-0.2, 0) is 10.0 Å². The first-order valence-electron chi connectivity index (χ1n) is 4.78. The third-order valence-corrected chi connectivity index (χ3v) is 3.38. The molecular weight excluding hydrogens is 231 g/mol. The maximum absolute atomic E-state index is 12.3. The summed E-state index contributed by atoms with van der Waals surface area (Å²) in [6.45, 7) is 1.92. The van der Waals surface area contributed by atoms with Crippen LogP contribution in [0.25, 0.3) is 0 Å². The van der Waals surface area contributed by atoms with E-state index in [1.54, 1.807) is 0 Å². The van der Waals surface area contributed by atoms with Crippen LogP contribution in [0.15, 0.2) is 0 Å². The van der Waals surface area contributed by atoms with Gasteiger partial charge in [0.1, 0.15) is 0 Å². The van der Waals surface area contributed by atoms with Crippen molar-refractivity contribution in [2.45, 2.75) is 50.5 Å². The molecule has 0 amide bonds. The fourth-order valence-corrected chi connectivity index (χ4v) is 2.14. The van der Waals surface area contributed by atoms with Crippen molar-refractivity contribution in [3.8, 4) is 0 Å². The van der Waals surface area contributed by atoms with Gasteiger partial charge in [-0.05, 0) is 6.42 Å². The number of primary sulfonamides is 1. The van der Waals surface area contributed by atoms with E-state index in [2.05, 4.69) is 5.14 Å². The summed E-state index contributed by atoms with van der Waals surface area (Å²) in [5, 5.41) is 2.12. The number of hydrogen-bond acceptors (Lipinski definition) is 2. The Morgan fingerprint density at radius 3 is 2.07 bits per heavy atom. The third-order valence-electron chi connectivity index (χ3n) is 2.08. The zero-order chi connectivity index (χ0) is 12.1. The number of nitrogens with two attached hydrogens (primary N) is 1. The third kappa shape index (κ3) is 5.99. The van der Waals surface area contributed by atoms with Crippen LogP contribution >= 0.6 is 0 Å². The van der Waals surface area contributed by atoms with E-state index in [0.29, 0.717) is 6.42 Å². The van der Waals surface area contributed by atoms with Crippen molar-refractivity contribution in [1.82, 2.24) is 0 Å². The average Bonchev–Trinajstić information content (AvgIpc) is 1.99. The summed E-state index contributed by atoms with van der Waals surface area (Å²) in [5.74, 6) is 0. The van der Waals surface area contributed by atoms with E-state index in [-0.39, 0.29) is 6.42 Å². The van der Waals surface area contributed by atoms with Crippen molar-refractivity contribution in [3.63, 3.8) is 0 Å². The number of unbranched alkanes of at least 4 members (excludes halogenated alkanes) is 3. The smallest absolute Gasteiger partial charge is 0.228 e. The molecule has 0 aliphatic heterocycles. The van der Waals surface area contributed by atoms with Crippen LogP contribution in [-0.4, -0.2) is 19.8 Å². The van der Waals surface area contributed by atoms with Crippen molar-refractivity contribution < 1.29 is 21.6 Å². The highest BCUT2D eigenvalue weighted by molar-refractivity contribution is 7.89. The molecule has 0 aromatic carbocycles. The summed E-state index contributed by atoms with van der Waals surface area (Å²) < 4.78 is 58.2. The molecule has 15 heavy (non-hydrogen) atoms. The fourth-order valence-electron chi connectivity index (χ4n) is 1.27. The van der Waals surface area contributed by atoms with E-state index in [9.17, 15) is 21.6 Å². The van der Waals surface area contributed by atoms with E-state index in [0.717, 1.165) is 12.8 Å². The minimum atomic E-state index is -4.76. The van der Waals surface area contributed by atoms with Crippen molar-refractivity contribution in [1.29, 1.82) is 0 Å². The van der Waals surface area contributed by atoms with Gasteiger partial charge < -0.3 is 0 Å². The number of hydrogen-bond donors (Lipinski definition) is 1. The summed E-state index contributed by atoms with van der Waals surface area (Å²) in [6.07, 6.45) is -2.70. The van der Waals surface area contributed by atoms with Gasteiger partial charge in [0, 0.05) is 0 Å². The van der Waals surface area contributed by atoms with Crippen LogP contribution in [0.4, 0.5) is 13.2 Å². The van der Waals surface area contributed by atoms with Gasteiger partial charge >= 0.3 is 6.18 Å². The van der Waals surface area contributed by atoms with Crippen LogP contribution in [0.3, 0.4) is 0 Å². The zero-order valence-corrected chi connectivity index (χ0v) is 9.37. The summed E-state index contributed by atoms with van der Waals surface area (Å²) in [6, 6.07) is 0. The summed E-state index contributed by atoms with van der Waals surface area (Å²) in [7, 11) is -4.53. The van der Waals surface area contributed by atoms with E-state index < -0.39 is 27.9 Å². The van der Waals surface area contributed by atoms with Crippen LogP contribution < -0.4 is 5.14 Å². The van der Waals surface area contributed by atoms with Crippen LogP contribution in [0.5, 0.6) is 0 Å². The molecular formula is C8H16F3NO2S. The average molecular weight is 247 g/mol. The molecule has 1 atom stereocenters. The lowest BCUT2D eigenvalue weighted by Crippen LogP contribution is -2.40. The van der Waals surface area contributed by atoms with E-state index in [1.807, 2.05) is 6.92 Å². The molecule has 0 heterocycles. The second kappa shape index (κ2) is 5.69. The van der Waals surface area contributed by atoms with Gasteiger partial charge in [0.15, 0.2) is 5.25 Å². The Balaban J connectivity index is 4.30. The Bertz CT molecular complexity index is 274. The van der Waals surface area contributed by atoms with Crippen molar-refractivity contribution in [2.75, 3.05) is 0 Å². The Morgan fingerprint density at radius 1 is 1.20 bits per heavy atom. The molecule has 0 saturated carbocycles. The van der Waals surface area contributed by atoms with Gasteiger partial charge in [-0.1, -0.05) is 32.6 Å². The molecule has 0 spiro atoms. The maximum Gasteiger partial charge on any atom is 0.406 e. The van der Waals surface area contributed by atoms with Gasteiger partial charge in [-0.3, -0.25) is 0 Å². The van der Waals surface area contributed by atoms with E-state index in [1.165, 1.54) is 0 Å². The monoisotopic (exact) mass is 247 g/mol. The minimum Gasteiger partial charge on any atom is -0.228 e. The Kier molecular flexibility index (Phi) is 5.58. The lowest BCUT2D eigenvalue weighted by Gasteiger charge is -2.17. The Labute approximate surface area is 87.9 Å². The van der Waals surface area contributed by atoms with Gasteiger partial charge in [0.05, 0.1) is 0 Å². The van der Waals surface area contributed by atoms with Gasteiger partial charge in [-0.25, -0.2) is 13.6 Å². The highest BCUT2D eigenvalue weighted by Gasteiger charge is 2.46. The van der Waals surface area contributed by atoms with Crippen LogP contribution in [0.1, 0.15) is 39.0 Å². The predicted molar refractivity (Wildman–Crippen MR) is 51.7 cm³/mol.